The highest BCUT2D eigenvalue weighted by Crippen LogP contribution is 2.14. The fourth-order valence-electron chi connectivity index (χ4n) is 2.06. The lowest BCUT2D eigenvalue weighted by molar-refractivity contribution is -0.119. The summed E-state index contributed by atoms with van der Waals surface area (Å²) in [6.07, 6.45) is 2.49. The topological polar surface area (TPSA) is 91.9 Å². The quantitative estimate of drug-likeness (QED) is 0.825. The molecule has 124 valence electrons. The minimum Gasteiger partial charge on any atom is -0.352 e. The molecule has 0 aliphatic rings. The number of benzene rings is 1. The third kappa shape index (κ3) is 4.35. The molecule has 1 aromatic heterocycles. The van der Waals surface area contributed by atoms with Crippen LogP contribution < -0.4 is 5.32 Å². The first-order chi connectivity index (χ1) is 10.8. The Hall–Kier alpha value is -2.29. The van der Waals surface area contributed by atoms with Crippen LogP contribution in [0.4, 0.5) is 8.78 Å². The van der Waals surface area contributed by atoms with E-state index >= 15 is 0 Å². The maximum atomic E-state index is 13.5. The molecular formula is C14H15F2N3O3S. The maximum Gasteiger partial charge on any atom is 0.235 e. The average Bonchev–Trinajstić information content (AvgIpc) is 2.97. The van der Waals surface area contributed by atoms with Gasteiger partial charge in [-0.2, -0.15) is 0 Å². The molecular weight excluding hydrogens is 328 g/mol. The first-order valence-corrected chi connectivity index (χ1v) is 8.39. The third-order valence-corrected chi connectivity index (χ3v) is 4.52. The van der Waals surface area contributed by atoms with E-state index in [1.165, 1.54) is 25.4 Å². The zero-order valence-electron chi connectivity index (χ0n) is 12.2. The number of aromatic amines is 1. The Bertz CT molecular complexity index is 771. The normalized spacial score (nSPS) is 12.8. The summed E-state index contributed by atoms with van der Waals surface area (Å²) in [5.74, 6) is -3.00. The number of nitrogens with one attached hydrogen (secondary N) is 2. The number of carbonyl (C=O) groups is 1. The van der Waals surface area contributed by atoms with E-state index < -0.39 is 39.2 Å². The van der Waals surface area contributed by atoms with Crippen molar-refractivity contribution in [2.24, 2.45) is 0 Å². The van der Waals surface area contributed by atoms with Crippen LogP contribution in [0, 0.1) is 11.6 Å². The van der Waals surface area contributed by atoms with E-state index in [4.69, 9.17) is 0 Å². The Balaban J connectivity index is 1.98. The van der Waals surface area contributed by atoms with Gasteiger partial charge in [0, 0.05) is 24.0 Å². The molecule has 0 fully saturated rings. The maximum absolute atomic E-state index is 13.5. The van der Waals surface area contributed by atoms with Gasteiger partial charge >= 0.3 is 0 Å². The van der Waals surface area contributed by atoms with Gasteiger partial charge in [0.25, 0.3) is 0 Å². The molecule has 0 aliphatic carbocycles. The highest BCUT2D eigenvalue weighted by molar-refractivity contribution is 7.91. The van der Waals surface area contributed by atoms with E-state index in [9.17, 15) is 22.0 Å². The number of sulfone groups is 1. The Labute approximate surface area is 131 Å². The predicted octanol–water partition coefficient (Wildman–Crippen LogP) is 1.21. The van der Waals surface area contributed by atoms with Crippen LogP contribution in [0.1, 0.15) is 12.5 Å². The minimum atomic E-state index is -3.88. The molecule has 6 nitrogen and oxygen atoms in total. The number of H-pyrrole nitrogens is 1. The second-order valence-electron chi connectivity index (χ2n) is 5.03. The first kappa shape index (κ1) is 17.1. The van der Waals surface area contributed by atoms with Crippen molar-refractivity contribution in [1.82, 2.24) is 15.3 Å². The van der Waals surface area contributed by atoms with Crippen molar-refractivity contribution in [2.45, 2.75) is 24.5 Å². The van der Waals surface area contributed by atoms with Crippen molar-refractivity contribution >= 4 is 15.7 Å². The number of carbonyl (C=O) groups excluding carboxylic acids is 1. The number of halogens is 2. The molecule has 23 heavy (non-hydrogen) atoms. The molecule has 1 unspecified atom stereocenters. The molecule has 1 atom stereocenters. The van der Waals surface area contributed by atoms with E-state index in [1.807, 2.05) is 0 Å². The van der Waals surface area contributed by atoms with Crippen molar-refractivity contribution in [3.05, 3.63) is 47.8 Å². The smallest absolute Gasteiger partial charge is 0.235 e. The lowest BCUT2D eigenvalue weighted by Crippen LogP contribution is -2.38. The van der Waals surface area contributed by atoms with Crippen LogP contribution >= 0.6 is 0 Å². The van der Waals surface area contributed by atoms with E-state index in [-0.39, 0.29) is 17.1 Å². The van der Waals surface area contributed by atoms with Crippen LogP contribution in [0.3, 0.4) is 0 Å². The lowest BCUT2D eigenvalue weighted by Gasteiger charge is -2.14. The molecule has 9 heteroatoms. The molecule has 2 N–H and O–H groups in total. The van der Waals surface area contributed by atoms with Gasteiger partial charge in [0.15, 0.2) is 0 Å². The Morgan fingerprint density at radius 1 is 1.35 bits per heavy atom. The zero-order chi connectivity index (χ0) is 17.0. The summed E-state index contributed by atoms with van der Waals surface area (Å²) in [5, 5.41) is 2.10. The highest BCUT2D eigenvalue weighted by Gasteiger charge is 2.23. The van der Waals surface area contributed by atoms with Gasteiger partial charge < -0.3 is 10.3 Å². The van der Waals surface area contributed by atoms with Gasteiger partial charge in [-0.1, -0.05) is 6.07 Å². The second-order valence-corrected chi connectivity index (χ2v) is 6.93. The summed E-state index contributed by atoms with van der Waals surface area (Å²) in [4.78, 5) is 17.8. The second kappa shape index (κ2) is 6.86. The van der Waals surface area contributed by atoms with Crippen molar-refractivity contribution in [3.8, 4) is 0 Å². The fraction of sp³-hybridized carbons (Fsp3) is 0.286. The van der Waals surface area contributed by atoms with Crippen molar-refractivity contribution in [1.29, 1.82) is 0 Å². The van der Waals surface area contributed by atoms with E-state index in [0.29, 0.717) is 0 Å². The largest absolute Gasteiger partial charge is 0.352 e. The van der Waals surface area contributed by atoms with Crippen LogP contribution in [0.25, 0.3) is 0 Å². The Kier molecular flexibility index (Phi) is 5.09. The van der Waals surface area contributed by atoms with Gasteiger partial charge in [0.2, 0.25) is 20.9 Å². The zero-order valence-corrected chi connectivity index (χ0v) is 13.0. The van der Waals surface area contributed by atoms with Crippen LogP contribution in [-0.4, -0.2) is 36.1 Å². The van der Waals surface area contributed by atoms with Crippen LogP contribution in [0.15, 0.2) is 35.7 Å². The predicted molar refractivity (Wildman–Crippen MR) is 78.3 cm³/mol. The molecule has 1 heterocycles. The van der Waals surface area contributed by atoms with Gasteiger partial charge in [-0.15, -0.1) is 0 Å². The molecule has 0 spiro atoms. The lowest BCUT2D eigenvalue weighted by atomic mass is 10.1. The standard InChI is InChI=1S/C14H15F2N3O3S/c1-9(7-10-11(15)3-2-4-12(10)16)19-13(20)8-23(21,22)14-17-5-6-18-14/h2-6,9H,7-8H2,1H3,(H,17,18)(H,19,20). The molecule has 0 saturated heterocycles. The summed E-state index contributed by atoms with van der Waals surface area (Å²) in [7, 11) is -3.88. The summed E-state index contributed by atoms with van der Waals surface area (Å²) in [5.41, 5.74) is -0.158. The molecule has 0 radical (unpaired) electrons. The number of hydrogen-bond acceptors (Lipinski definition) is 4. The number of amides is 1. The molecule has 0 bridgehead atoms. The highest BCUT2D eigenvalue weighted by atomic mass is 32.2. The van der Waals surface area contributed by atoms with Gasteiger partial charge in [-0.25, -0.2) is 22.2 Å². The van der Waals surface area contributed by atoms with Gasteiger partial charge in [0.1, 0.15) is 17.4 Å². The summed E-state index contributed by atoms with van der Waals surface area (Å²) < 4.78 is 50.8. The first-order valence-electron chi connectivity index (χ1n) is 6.74. The summed E-state index contributed by atoms with van der Waals surface area (Å²) >= 11 is 0. The Morgan fingerprint density at radius 3 is 2.57 bits per heavy atom. The van der Waals surface area contributed by atoms with Crippen LogP contribution in [0.5, 0.6) is 0 Å². The van der Waals surface area contributed by atoms with Crippen molar-refractivity contribution < 1.29 is 22.0 Å². The fourth-order valence-corrected chi connectivity index (χ4v) is 3.10. The number of nitrogens with zero attached hydrogens (tertiary/aromatic N) is 1. The van der Waals surface area contributed by atoms with E-state index in [0.717, 1.165) is 12.1 Å². The third-order valence-electron chi connectivity index (χ3n) is 3.07. The van der Waals surface area contributed by atoms with Gasteiger partial charge in [0.05, 0.1) is 0 Å². The summed E-state index contributed by atoms with van der Waals surface area (Å²) in [6.45, 7) is 1.53. The Morgan fingerprint density at radius 2 is 2.00 bits per heavy atom. The van der Waals surface area contributed by atoms with Crippen LogP contribution in [-0.2, 0) is 21.1 Å². The SMILES string of the molecule is CC(Cc1c(F)cccc1F)NC(=O)CS(=O)(=O)c1ncc[nH]1. The molecule has 2 rings (SSSR count). The summed E-state index contributed by atoms with van der Waals surface area (Å²) in [6, 6.07) is 2.84. The minimum absolute atomic E-state index is 0.0922. The molecule has 2 aromatic rings. The number of hydrogen-bond donors (Lipinski definition) is 2. The molecule has 1 amide bonds. The number of aromatic nitrogens is 2. The number of imidazole rings is 1. The monoisotopic (exact) mass is 343 g/mol. The van der Waals surface area contributed by atoms with E-state index in [1.54, 1.807) is 0 Å². The van der Waals surface area contributed by atoms with Crippen LogP contribution in [0.2, 0.25) is 0 Å². The van der Waals surface area contributed by atoms with E-state index in [2.05, 4.69) is 15.3 Å². The molecule has 0 saturated carbocycles. The van der Waals surface area contributed by atoms with Crippen molar-refractivity contribution in [2.75, 3.05) is 5.75 Å². The van der Waals surface area contributed by atoms with Crippen molar-refractivity contribution in [3.63, 3.8) is 0 Å². The average molecular weight is 343 g/mol. The number of rotatable bonds is 6. The van der Waals surface area contributed by atoms with Gasteiger partial charge in [-0.3, -0.25) is 4.79 Å². The molecule has 0 aliphatic heterocycles. The molecule has 1 aromatic carbocycles. The van der Waals surface area contributed by atoms with Gasteiger partial charge in [-0.05, 0) is 25.5 Å².